The van der Waals surface area contributed by atoms with Crippen LogP contribution < -0.4 is 10.1 Å². The van der Waals surface area contributed by atoms with Gasteiger partial charge in [-0.3, -0.25) is 0 Å². The second kappa shape index (κ2) is 9.72. The summed E-state index contributed by atoms with van der Waals surface area (Å²) in [6.07, 6.45) is 0. The summed E-state index contributed by atoms with van der Waals surface area (Å²) in [6.45, 7) is 0.667. The van der Waals surface area contributed by atoms with Gasteiger partial charge in [0.25, 0.3) is 0 Å². The Balaban J connectivity index is 1.75. The Hall–Kier alpha value is -1.92. The van der Waals surface area contributed by atoms with Crippen molar-refractivity contribution in [3.8, 4) is 5.75 Å². The van der Waals surface area contributed by atoms with Gasteiger partial charge in [0.15, 0.2) is 0 Å². The van der Waals surface area contributed by atoms with Crippen LogP contribution in [-0.4, -0.2) is 11.1 Å². The van der Waals surface area contributed by atoms with E-state index in [9.17, 15) is 4.79 Å². The van der Waals surface area contributed by atoms with E-state index in [1.165, 1.54) is 6.07 Å². The smallest absolute Gasteiger partial charge is 0.337 e. The maximum absolute atomic E-state index is 11.1. The van der Waals surface area contributed by atoms with Gasteiger partial charge in [0.2, 0.25) is 0 Å². The molecule has 0 atom stereocenters. The van der Waals surface area contributed by atoms with Crippen LogP contribution in [0.4, 0.5) is 5.69 Å². The Kier molecular flexibility index (Phi) is 7.30. The number of benzene rings is 3. The molecule has 3 rings (SSSR count). The van der Waals surface area contributed by atoms with E-state index >= 15 is 0 Å². The largest absolute Gasteiger partial charge is 0.488 e. The quantitative estimate of drug-likeness (QED) is 0.347. The van der Waals surface area contributed by atoms with Gasteiger partial charge in [-0.2, -0.15) is 0 Å². The zero-order chi connectivity index (χ0) is 21.0. The first-order valence-electron chi connectivity index (χ1n) is 8.46. The monoisotopic (exact) mass is 513 g/mol. The summed E-state index contributed by atoms with van der Waals surface area (Å²) in [5.74, 6) is -0.396. The molecule has 3 aromatic carbocycles. The highest BCUT2D eigenvalue weighted by molar-refractivity contribution is 9.10. The summed E-state index contributed by atoms with van der Waals surface area (Å²) in [5, 5.41) is 13.6. The molecule has 4 nitrogen and oxygen atoms in total. The van der Waals surface area contributed by atoms with Crippen molar-refractivity contribution < 1.29 is 14.6 Å². The highest BCUT2D eigenvalue weighted by Gasteiger charge is 2.11. The van der Waals surface area contributed by atoms with Crippen LogP contribution in [0.3, 0.4) is 0 Å². The van der Waals surface area contributed by atoms with E-state index < -0.39 is 5.97 Å². The molecule has 8 heteroatoms. The maximum Gasteiger partial charge on any atom is 0.337 e. The lowest BCUT2D eigenvalue weighted by molar-refractivity contribution is 0.0697. The van der Waals surface area contributed by atoms with Crippen LogP contribution in [-0.2, 0) is 13.2 Å². The molecule has 150 valence electrons. The van der Waals surface area contributed by atoms with Crippen molar-refractivity contribution in [2.24, 2.45) is 0 Å². The number of hydrogen-bond donors (Lipinski definition) is 2. The lowest BCUT2D eigenvalue weighted by Gasteiger charge is -2.15. The average molecular weight is 516 g/mol. The molecule has 29 heavy (non-hydrogen) atoms. The fourth-order valence-electron chi connectivity index (χ4n) is 2.64. The molecule has 0 unspecified atom stereocenters. The second-order valence-corrected chi connectivity index (χ2v) is 8.23. The highest BCUT2D eigenvalue weighted by atomic mass is 79.9. The van der Waals surface area contributed by atoms with Gasteiger partial charge >= 0.3 is 5.97 Å². The van der Waals surface area contributed by atoms with Crippen molar-refractivity contribution in [2.75, 3.05) is 5.32 Å². The van der Waals surface area contributed by atoms with Crippen molar-refractivity contribution in [1.82, 2.24) is 0 Å². The SMILES string of the molecule is O=C(O)c1ccc(NCc2cc(Br)ccc2OCc2c(Cl)cccc2Cl)cc1Cl. The first-order valence-corrected chi connectivity index (χ1v) is 10.4. The lowest BCUT2D eigenvalue weighted by Crippen LogP contribution is -2.05. The van der Waals surface area contributed by atoms with Crippen LogP contribution >= 0.6 is 50.7 Å². The molecular weight excluding hydrogens is 500 g/mol. The zero-order valence-corrected chi connectivity index (χ0v) is 18.7. The molecule has 0 radical (unpaired) electrons. The van der Waals surface area contributed by atoms with E-state index in [0.717, 1.165) is 10.0 Å². The minimum absolute atomic E-state index is 0.0558. The number of anilines is 1. The van der Waals surface area contributed by atoms with Crippen molar-refractivity contribution in [3.63, 3.8) is 0 Å². The Morgan fingerprint density at radius 1 is 1.00 bits per heavy atom. The Bertz CT molecular complexity index is 1040. The molecular formula is C21H15BrCl3NO3. The van der Waals surface area contributed by atoms with Crippen molar-refractivity contribution in [3.05, 3.63) is 90.8 Å². The van der Waals surface area contributed by atoms with Crippen LogP contribution in [0.5, 0.6) is 5.75 Å². The number of carboxylic acid groups (broad SMARTS) is 1. The fraction of sp³-hybridized carbons (Fsp3) is 0.0952. The van der Waals surface area contributed by atoms with Crippen LogP contribution in [0.2, 0.25) is 15.1 Å². The third-order valence-electron chi connectivity index (χ3n) is 4.14. The van der Waals surface area contributed by atoms with Gasteiger partial charge in [-0.25, -0.2) is 4.79 Å². The van der Waals surface area contributed by atoms with Crippen molar-refractivity contribution in [1.29, 1.82) is 0 Å². The van der Waals surface area contributed by atoms with E-state index in [2.05, 4.69) is 21.2 Å². The Morgan fingerprint density at radius 3 is 2.38 bits per heavy atom. The minimum atomic E-state index is -1.07. The second-order valence-electron chi connectivity index (χ2n) is 6.09. The summed E-state index contributed by atoms with van der Waals surface area (Å²) in [6, 6.07) is 15.7. The molecule has 0 aliphatic heterocycles. The molecule has 0 aliphatic carbocycles. The van der Waals surface area contributed by atoms with Crippen LogP contribution in [0.1, 0.15) is 21.5 Å². The molecule has 0 saturated carbocycles. The lowest BCUT2D eigenvalue weighted by atomic mass is 10.1. The summed E-state index contributed by atoms with van der Waals surface area (Å²) in [5.41, 5.74) is 2.36. The fourth-order valence-corrected chi connectivity index (χ4v) is 3.82. The van der Waals surface area contributed by atoms with Gasteiger partial charge in [-0.05, 0) is 48.5 Å². The molecule has 0 spiro atoms. The molecule has 2 N–H and O–H groups in total. The van der Waals surface area contributed by atoms with E-state index in [0.29, 0.717) is 33.6 Å². The Morgan fingerprint density at radius 2 is 1.72 bits per heavy atom. The van der Waals surface area contributed by atoms with E-state index in [4.69, 9.17) is 44.6 Å². The molecule has 0 aliphatic rings. The molecule has 3 aromatic rings. The number of rotatable bonds is 7. The van der Waals surface area contributed by atoms with Gasteiger partial charge < -0.3 is 15.2 Å². The van der Waals surface area contributed by atoms with Crippen LogP contribution in [0.25, 0.3) is 0 Å². The molecule has 0 aromatic heterocycles. The zero-order valence-electron chi connectivity index (χ0n) is 14.9. The minimum Gasteiger partial charge on any atom is -0.488 e. The number of nitrogens with one attached hydrogen (secondary N) is 1. The van der Waals surface area contributed by atoms with Gasteiger partial charge in [0.05, 0.1) is 10.6 Å². The summed E-state index contributed by atoms with van der Waals surface area (Å²) >= 11 is 21.9. The molecule has 0 heterocycles. The first kappa shape index (κ1) is 21.8. The third kappa shape index (κ3) is 5.58. The van der Waals surface area contributed by atoms with E-state index in [1.54, 1.807) is 30.3 Å². The van der Waals surface area contributed by atoms with Crippen LogP contribution in [0.15, 0.2) is 59.1 Å². The van der Waals surface area contributed by atoms with Gasteiger partial charge in [-0.1, -0.05) is 56.8 Å². The summed E-state index contributed by atoms with van der Waals surface area (Å²) in [4.78, 5) is 11.1. The topological polar surface area (TPSA) is 58.6 Å². The van der Waals surface area contributed by atoms with Gasteiger partial charge in [-0.15, -0.1) is 0 Å². The molecule has 0 saturated heterocycles. The van der Waals surface area contributed by atoms with E-state index in [1.807, 2.05) is 18.2 Å². The standard InChI is InChI=1S/C21H15BrCl3NO3/c22-13-4-7-20(29-11-16-17(23)2-1-3-18(16)24)12(8-13)10-26-14-5-6-15(21(27)28)19(25)9-14/h1-9,26H,10-11H2,(H,27,28). The van der Waals surface area contributed by atoms with Crippen LogP contribution in [0, 0.1) is 0 Å². The predicted molar refractivity (Wildman–Crippen MR) is 121 cm³/mol. The number of carbonyl (C=O) groups is 1. The van der Waals surface area contributed by atoms with E-state index in [-0.39, 0.29) is 17.2 Å². The normalized spacial score (nSPS) is 10.6. The number of carboxylic acids is 1. The average Bonchev–Trinajstić information content (AvgIpc) is 2.67. The number of aromatic carboxylic acids is 1. The van der Waals surface area contributed by atoms with Crippen molar-refractivity contribution >= 4 is 62.4 Å². The summed E-state index contributed by atoms with van der Waals surface area (Å²) in [7, 11) is 0. The molecule has 0 bridgehead atoms. The highest BCUT2D eigenvalue weighted by Crippen LogP contribution is 2.29. The van der Waals surface area contributed by atoms with Gasteiger partial charge in [0.1, 0.15) is 12.4 Å². The number of ether oxygens (including phenoxy) is 1. The maximum atomic E-state index is 11.1. The van der Waals surface area contributed by atoms with Gasteiger partial charge in [0, 0.05) is 37.9 Å². The predicted octanol–water partition coefficient (Wildman–Crippen LogP) is 7.30. The number of hydrogen-bond acceptors (Lipinski definition) is 3. The third-order valence-corrected chi connectivity index (χ3v) is 5.65. The Labute approximate surface area is 191 Å². The van der Waals surface area contributed by atoms with Crippen molar-refractivity contribution in [2.45, 2.75) is 13.2 Å². The molecule has 0 amide bonds. The first-order chi connectivity index (χ1) is 13.8. The number of halogens is 4. The molecule has 0 fully saturated rings. The summed E-state index contributed by atoms with van der Waals surface area (Å²) < 4.78 is 6.87.